The van der Waals surface area contributed by atoms with Gasteiger partial charge in [-0.3, -0.25) is 14.9 Å². The van der Waals surface area contributed by atoms with E-state index in [4.69, 9.17) is 9.84 Å². The van der Waals surface area contributed by atoms with E-state index in [1.165, 1.54) is 18.2 Å². The smallest absolute Gasteiger partial charge is 0.394 e. The number of benzene rings is 3. The molecule has 0 unspecified atom stereocenters. The van der Waals surface area contributed by atoms with Gasteiger partial charge in [0, 0.05) is 5.69 Å². The number of carbonyl (C=O) groups excluding carboxylic acids is 2. The van der Waals surface area contributed by atoms with E-state index in [1.54, 1.807) is 18.2 Å². The van der Waals surface area contributed by atoms with Crippen LogP contribution in [0.25, 0.3) is 10.8 Å². The number of aliphatic carboxylic acids is 1. The molecule has 0 spiro atoms. The molecule has 3 N–H and O–H groups in total. The zero-order chi connectivity index (χ0) is 22.7. The summed E-state index contributed by atoms with van der Waals surface area (Å²) in [5.74, 6) is -4.89. The second-order valence-electron chi connectivity index (χ2n) is 6.47. The van der Waals surface area contributed by atoms with E-state index < -0.39 is 23.6 Å². The summed E-state index contributed by atoms with van der Waals surface area (Å²) < 4.78 is 19.3. The first-order chi connectivity index (χ1) is 15.4. The van der Waals surface area contributed by atoms with Crippen molar-refractivity contribution in [3.63, 3.8) is 0 Å². The summed E-state index contributed by atoms with van der Waals surface area (Å²) in [6, 6.07) is 18.4. The highest BCUT2D eigenvalue weighted by Gasteiger charge is 2.24. The van der Waals surface area contributed by atoms with Crippen LogP contribution < -0.4 is 15.4 Å². The molecule has 0 radical (unpaired) electrons. The molecule has 3 aromatic carbocycles. The molecule has 4 aromatic rings. The Labute approximate surface area is 184 Å². The van der Waals surface area contributed by atoms with Crippen molar-refractivity contribution in [3.05, 3.63) is 77.4 Å². The van der Waals surface area contributed by atoms with Crippen LogP contribution in [-0.4, -0.2) is 27.9 Å². The van der Waals surface area contributed by atoms with Gasteiger partial charge in [-0.05, 0) is 35.0 Å². The van der Waals surface area contributed by atoms with Gasteiger partial charge in [0.15, 0.2) is 17.4 Å². The molecule has 0 bridgehead atoms. The number of para-hydroxylation sites is 1. The number of hydrogen-bond donors (Lipinski definition) is 3. The molecule has 160 valence electrons. The summed E-state index contributed by atoms with van der Waals surface area (Å²) >= 11 is 0.728. The molecule has 4 rings (SSSR count). The SMILES string of the molecule is O=C(O)C(=O)Nc1nc(Oc2ccccc2F)sc1C(=O)Nc1ccc2ccccc2c1. The van der Waals surface area contributed by atoms with Crippen LogP contribution in [0.2, 0.25) is 0 Å². The normalized spacial score (nSPS) is 10.5. The third-order valence-corrected chi connectivity index (χ3v) is 5.21. The van der Waals surface area contributed by atoms with Crippen LogP contribution in [0.1, 0.15) is 9.67 Å². The molecule has 0 aliphatic rings. The van der Waals surface area contributed by atoms with Crippen LogP contribution in [0.5, 0.6) is 10.9 Å². The average Bonchev–Trinajstić information content (AvgIpc) is 3.17. The Hall–Kier alpha value is -4.31. The number of anilines is 2. The lowest BCUT2D eigenvalue weighted by molar-refractivity contribution is -0.147. The van der Waals surface area contributed by atoms with Crippen LogP contribution in [-0.2, 0) is 9.59 Å². The highest BCUT2D eigenvalue weighted by Crippen LogP contribution is 2.34. The molecule has 0 atom stereocenters. The van der Waals surface area contributed by atoms with Crippen molar-refractivity contribution in [2.45, 2.75) is 0 Å². The molecular formula is C22H14FN3O5S. The molecule has 10 heteroatoms. The molecule has 0 saturated heterocycles. The Morgan fingerprint density at radius 1 is 0.938 bits per heavy atom. The number of ether oxygens (including phenoxy) is 1. The maximum Gasteiger partial charge on any atom is 0.394 e. The van der Waals surface area contributed by atoms with Crippen molar-refractivity contribution in [2.75, 3.05) is 10.6 Å². The summed E-state index contributed by atoms with van der Waals surface area (Å²) in [5, 5.41) is 15.3. The second kappa shape index (κ2) is 8.82. The fourth-order valence-electron chi connectivity index (χ4n) is 2.82. The number of thiazole rings is 1. The van der Waals surface area contributed by atoms with Crippen LogP contribution in [0, 0.1) is 5.82 Å². The van der Waals surface area contributed by atoms with Crippen molar-refractivity contribution >= 4 is 51.4 Å². The second-order valence-corrected chi connectivity index (χ2v) is 7.43. The minimum absolute atomic E-state index is 0.112. The van der Waals surface area contributed by atoms with Gasteiger partial charge in [-0.1, -0.05) is 53.8 Å². The first kappa shape index (κ1) is 20.9. The maximum atomic E-state index is 13.9. The summed E-state index contributed by atoms with van der Waals surface area (Å²) in [7, 11) is 0. The molecule has 1 heterocycles. The number of halogens is 1. The van der Waals surface area contributed by atoms with E-state index in [2.05, 4.69) is 15.6 Å². The Bertz CT molecular complexity index is 1350. The number of fused-ring (bicyclic) bond motifs is 1. The minimum Gasteiger partial charge on any atom is -0.474 e. The van der Waals surface area contributed by atoms with E-state index in [1.807, 2.05) is 30.3 Å². The Morgan fingerprint density at radius 3 is 2.41 bits per heavy atom. The number of carbonyl (C=O) groups is 3. The topological polar surface area (TPSA) is 118 Å². The minimum atomic E-state index is -1.75. The van der Waals surface area contributed by atoms with Gasteiger partial charge in [-0.2, -0.15) is 4.98 Å². The van der Waals surface area contributed by atoms with Gasteiger partial charge in [-0.25, -0.2) is 9.18 Å². The largest absolute Gasteiger partial charge is 0.474 e. The summed E-state index contributed by atoms with van der Waals surface area (Å²) in [5.41, 5.74) is 0.481. The molecule has 0 saturated carbocycles. The van der Waals surface area contributed by atoms with Crippen molar-refractivity contribution < 1.29 is 28.6 Å². The van der Waals surface area contributed by atoms with Crippen molar-refractivity contribution in [1.82, 2.24) is 4.98 Å². The van der Waals surface area contributed by atoms with Crippen LogP contribution in [0.4, 0.5) is 15.9 Å². The molecule has 8 nitrogen and oxygen atoms in total. The van der Waals surface area contributed by atoms with E-state index >= 15 is 0 Å². The Kier molecular flexibility index (Phi) is 5.77. The maximum absolute atomic E-state index is 13.9. The molecular weight excluding hydrogens is 437 g/mol. The summed E-state index contributed by atoms with van der Waals surface area (Å²) in [4.78, 5) is 39.3. The molecule has 0 aliphatic heterocycles. The zero-order valence-electron chi connectivity index (χ0n) is 16.2. The molecule has 1 aromatic heterocycles. The van der Waals surface area contributed by atoms with Gasteiger partial charge in [0.1, 0.15) is 4.88 Å². The van der Waals surface area contributed by atoms with Gasteiger partial charge >= 0.3 is 11.9 Å². The van der Waals surface area contributed by atoms with Gasteiger partial charge in [0.05, 0.1) is 0 Å². The quantitative estimate of drug-likeness (QED) is 0.385. The van der Waals surface area contributed by atoms with Crippen LogP contribution in [0.15, 0.2) is 66.7 Å². The van der Waals surface area contributed by atoms with Gasteiger partial charge in [-0.15, -0.1) is 0 Å². The highest BCUT2D eigenvalue weighted by molar-refractivity contribution is 7.16. The number of carboxylic acid groups (broad SMARTS) is 1. The number of hydrogen-bond acceptors (Lipinski definition) is 6. The fraction of sp³-hybridized carbons (Fsp3) is 0. The van der Waals surface area contributed by atoms with Crippen molar-refractivity contribution in [3.8, 4) is 10.9 Å². The number of nitrogens with zero attached hydrogens (tertiary/aromatic N) is 1. The van der Waals surface area contributed by atoms with E-state index in [-0.39, 0.29) is 21.6 Å². The highest BCUT2D eigenvalue weighted by atomic mass is 32.1. The summed E-state index contributed by atoms with van der Waals surface area (Å²) in [6.45, 7) is 0. The van der Waals surface area contributed by atoms with Crippen molar-refractivity contribution in [1.29, 1.82) is 0 Å². The van der Waals surface area contributed by atoms with E-state index in [9.17, 15) is 18.8 Å². The lowest BCUT2D eigenvalue weighted by Crippen LogP contribution is -2.23. The zero-order valence-corrected chi connectivity index (χ0v) is 17.0. The molecule has 0 aliphatic carbocycles. The molecule has 32 heavy (non-hydrogen) atoms. The van der Waals surface area contributed by atoms with Crippen molar-refractivity contribution in [2.24, 2.45) is 0 Å². The number of amides is 2. The monoisotopic (exact) mass is 451 g/mol. The van der Waals surface area contributed by atoms with Gasteiger partial charge in [0.2, 0.25) is 0 Å². The van der Waals surface area contributed by atoms with E-state index in [0.29, 0.717) is 5.69 Å². The van der Waals surface area contributed by atoms with Gasteiger partial charge in [0.25, 0.3) is 11.1 Å². The first-order valence-electron chi connectivity index (χ1n) is 9.18. The standard InChI is InChI=1S/C22H14FN3O5S/c23-15-7-3-4-8-16(15)31-22-26-18(25-20(28)21(29)30)17(32-22)19(27)24-14-10-9-12-5-1-2-6-13(12)11-14/h1-11H,(H,24,27)(H,25,28)(H,29,30). The predicted molar refractivity (Wildman–Crippen MR) is 117 cm³/mol. The average molecular weight is 451 g/mol. The molecule has 2 amide bonds. The van der Waals surface area contributed by atoms with E-state index in [0.717, 1.165) is 22.1 Å². The van der Waals surface area contributed by atoms with Crippen LogP contribution in [0.3, 0.4) is 0 Å². The Morgan fingerprint density at radius 2 is 1.66 bits per heavy atom. The number of carboxylic acids is 1. The lowest BCUT2D eigenvalue weighted by Gasteiger charge is -2.06. The first-order valence-corrected chi connectivity index (χ1v) is 10.00. The molecule has 0 fully saturated rings. The Balaban J connectivity index is 1.64. The summed E-state index contributed by atoms with van der Waals surface area (Å²) in [6.07, 6.45) is 0. The lowest BCUT2D eigenvalue weighted by atomic mass is 10.1. The number of aromatic nitrogens is 1. The predicted octanol–water partition coefficient (Wildman–Crippen LogP) is 4.50. The third kappa shape index (κ3) is 4.55. The number of rotatable bonds is 5. The number of nitrogens with one attached hydrogen (secondary N) is 2. The van der Waals surface area contributed by atoms with Gasteiger partial charge < -0.3 is 15.2 Å². The van der Waals surface area contributed by atoms with Crippen LogP contribution >= 0.6 is 11.3 Å². The third-order valence-electron chi connectivity index (χ3n) is 4.28. The fourth-order valence-corrected chi connectivity index (χ4v) is 3.60.